The van der Waals surface area contributed by atoms with Crippen molar-refractivity contribution in [3.63, 3.8) is 0 Å². The maximum Gasteiger partial charge on any atom is 0.129 e. The molecular weight excluding hydrogens is 336 g/mol. The second kappa shape index (κ2) is 5.99. The van der Waals surface area contributed by atoms with Crippen LogP contribution in [-0.4, -0.2) is 0 Å². The van der Waals surface area contributed by atoms with E-state index in [0.29, 0.717) is 20.6 Å². The van der Waals surface area contributed by atoms with Crippen molar-refractivity contribution in [3.8, 4) is 0 Å². The first-order chi connectivity index (χ1) is 9.00. The molecule has 0 aromatic heterocycles. The van der Waals surface area contributed by atoms with Crippen LogP contribution in [0.4, 0.5) is 8.78 Å². The predicted molar refractivity (Wildman–Crippen MR) is 76.1 cm³/mol. The van der Waals surface area contributed by atoms with Gasteiger partial charge in [0.2, 0.25) is 0 Å². The summed E-state index contributed by atoms with van der Waals surface area (Å²) in [7, 11) is 0. The smallest absolute Gasteiger partial charge is 0.129 e. The fourth-order valence-corrected chi connectivity index (χ4v) is 2.79. The molecule has 2 rings (SSSR count). The summed E-state index contributed by atoms with van der Waals surface area (Å²) in [5.41, 5.74) is 6.59. The van der Waals surface area contributed by atoms with Gasteiger partial charge in [-0.2, -0.15) is 0 Å². The minimum atomic E-state index is -0.676. The molecule has 2 aromatic carbocycles. The van der Waals surface area contributed by atoms with Crippen LogP contribution in [0, 0.1) is 11.6 Å². The molecule has 2 N–H and O–H groups in total. The third kappa shape index (κ3) is 3.14. The van der Waals surface area contributed by atoms with E-state index < -0.39 is 17.7 Å². The Balaban J connectivity index is 2.34. The molecule has 0 fully saturated rings. The Kier molecular flexibility index (Phi) is 4.55. The first kappa shape index (κ1) is 14.4. The average Bonchev–Trinajstić information content (AvgIpc) is 2.34. The Morgan fingerprint density at radius 3 is 2.37 bits per heavy atom. The Hall–Kier alpha value is -0.970. The zero-order valence-electron chi connectivity index (χ0n) is 9.84. The van der Waals surface area contributed by atoms with Gasteiger partial charge in [0.15, 0.2) is 0 Å². The fourth-order valence-electron chi connectivity index (χ4n) is 1.91. The average molecular weight is 347 g/mol. The Labute approximate surface area is 123 Å². The van der Waals surface area contributed by atoms with Crippen molar-refractivity contribution in [3.05, 3.63) is 68.7 Å². The van der Waals surface area contributed by atoms with Crippen LogP contribution in [0.25, 0.3) is 0 Å². The molecule has 0 aliphatic heterocycles. The molecule has 1 nitrogen and oxygen atoms in total. The SMILES string of the molecule is NC(Cc1c(F)cccc1Cl)c1c(F)cccc1Br. The number of rotatable bonds is 3. The minimum Gasteiger partial charge on any atom is -0.324 e. The summed E-state index contributed by atoms with van der Waals surface area (Å²) in [5.74, 6) is -0.857. The molecule has 100 valence electrons. The van der Waals surface area contributed by atoms with Gasteiger partial charge in [-0.15, -0.1) is 0 Å². The lowest BCUT2D eigenvalue weighted by Gasteiger charge is -2.16. The van der Waals surface area contributed by atoms with Crippen molar-refractivity contribution in [2.75, 3.05) is 0 Å². The van der Waals surface area contributed by atoms with Gasteiger partial charge in [0.25, 0.3) is 0 Å². The van der Waals surface area contributed by atoms with E-state index in [1.165, 1.54) is 18.2 Å². The molecule has 0 radical (unpaired) electrons. The van der Waals surface area contributed by atoms with Crippen LogP contribution in [0.2, 0.25) is 5.02 Å². The molecule has 0 saturated heterocycles. The van der Waals surface area contributed by atoms with Gasteiger partial charge in [-0.05, 0) is 30.7 Å². The lowest BCUT2D eigenvalue weighted by atomic mass is 9.99. The summed E-state index contributed by atoms with van der Waals surface area (Å²) in [6.45, 7) is 0. The molecule has 5 heteroatoms. The zero-order valence-corrected chi connectivity index (χ0v) is 12.2. The van der Waals surface area contributed by atoms with E-state index in [1.54, 1.807) is 18.2 Å². The van der Waals surface area contributed by atoms with Crippen LogP contribution < -0.4 is 5.73 Å². The van der Waals surface area contributed by atoms with Crippen LogP contribution in [0.1, 0.15) is 17.2 Å². The van der Waals surface area contributed by atoms with Gasteiger partial charge in [0.1, 0.15) is 11.6 Å². The summed E-state index contributed by atoms with van der Waals surface area (Å²) in [5, 5.41) is 0.294. The van der Waals surface area contributed by atoms with E-state index in [1.807, 2.05) is 0 Å². The van der Waals surface area contributed by atoms with Gasteiger partial charge >= 0.3 is 0 Å². The highest BCUT2D eigenvalue weighted by Gasteiger charge is 2.18. The summed E-state index contributed by atoms with van der Waals surface area (Å²) < 4.78 is 28.0. The van der Waals surface area contributed by atoms with Gasteiger partial charge in [-0.1, -0.05) is 39.7 Å². The quantitative estimate of drug-likeness (QED) is 0.862. The lowest BCUT2D eigenvalue weighted by molar-refractivity contribution is 0.561. The van der Waals surface area contributed by atoms with Gasteiger partial charge < -0.3 is 5.73 Å². The van der Waals surface area contributed by atoms with E-state index in [9.17, 15) is 8.78 Å². The highest BCUT2D eigenvalue weighted by atomic mass is 79.9. The fraction of sp³-hybridized carbons (Fsp3) is 0.143. The van der Waals surface area contributed by atoms with Gasteiger partial charge in [-0.3, -0.25) is 0 Å². The molecule has 1 atom stereocenters. The molecule has 0 bridgehead atoms. The van der Waals surface area contributed by atoms with Crippen molar-refractivity contribution in [2.24, 2.45) is 5.73 Å². The van der Waals surface area contributed by atoms with E-state index in [4.69, 9.17) is 17.3 Å². The lowest BCUT2D eigenvalue weighted by Crippen LogP contribution is -2.16. The molecule has 0 aliphatic carbocycles. The Morgan fingerprint density at radius 1 is 1.11 bits per heavy atom. The number of benzene rings is 2. The van der Waals surface area contributed by atoms with E-state index >= 15 is 0 Å². The maximum atomic E-state index is 13.8. The topological polar surface area (TPSA) is 26.0 Å². The van der Waals surface area contributed by atoms with Crippen LogP contribution >= 0.6 is 27.5 Å². The molecular formula is C14H11BrClF2N. The third-order valence-corrected chi connectivity index (χ3v) is 3.90. The van der Waals surface area contributed by atoms with Crippen molar-refractivity contribution in [1.29, 1.82) is 0 Å². The molecule has 19 heavy (non-hydrogen) atoms. The maximum absolute atomic E-state index is 13.8. The second-order valence-electron chi connectivity index (χ2n) is 4.15. The predicted octanol–water partition coefficient (Wildman–Crippen LogP) is 4.62. The molecule has 0 amide bonds. The summed E-state index contributed by atoms with van der Waals surface area (Å²) in [4.78, 5) is 0. The second-order valence-corrected chi connectivity index (χ2v) is 5.41. The molecule has 0 spiro atoms. The number of halogens is 4. The van der Waals surface area contributed by atoms with Crippen molar-refractivity contribution < 1.29 is 8.78 Å². The minimum absolute atomic E-state index is 0.130. The van der Waals surface area contributed by atoms with E-state index in [2.05, 4.69) is 15.9 Å². The summed E-state index contributed by atoms with van der Waals surface area (Å²) in [6, 6.07) is 8.33. The van der Waals surface area contributed by atoms with Gasteiger partial charge in [-0.25, -0.2) is 8.78 Å². The highest BCUT2D eigenvalue weighted by molar-refractivity contribution is 9.10. The molecule has 0 aliphatic rings. The zero-order chi connectivity index (χ0) is 14.0. The van der Waals surface area contributed by atoms with Crippen LogP contribution in [0.5, 0.6) is 0 Å². The monoisotopic (exact) mass is 345 g/mol. The van der Waals surface area contributed by atoms with Crippen molar-refractivity contribution in [1.82, 2.24) is 0 Å². The van der Waals surface area contributed by atoms with Gasteiger partial charge in [0, 0.05) is 26.7 Å². The number of hydrogen-bond donors (Lipinski definition) is 1. The molecule has 0 heterocycles. The van der Waals surface area contributed by atoms with Crippen LogP contribution in [0.15, 0.2) is 40.9 Å². The standard InChI is InChI=1S/C14H11BrClF2N/c15-9-3-1-6-12(18)14(9)13(19)7-8-10(16)4-2-5-11(8)17/h1-6,13H,7,19H2. The summed E-state index contributed by atoms with van der Waals surface area (Å²) >= 11 is 9.19. The normalized spacial score (nSPS) is 12.5. The first-order valence-electron chi connectivity index (χ1n) is 5.63. The Morgan fingerprint density at radius 2 is 1.74 bits per heavy atom. The van der Waals surface area contributed by atoms with E-state index in [0.717, 1.165) is 0 Å². The molecule has 2 aromatic rings. The molecule has 1 unspecified atom stereocenters. The third-order valence-electron chi connectivity index (χ3n) is 2.86. The van der Waals surface area contributed by atoms with E-state index in [-0.39, 0.29) is 6.42 Å². The number of nitrogens with two attached hydrogens (primary N) is 1. The summed E-state index contributed by atoms with van der Waals surface area (Å²) in [6.07, 6.45) is 0.130. The van der Waals surface area contributed by atoms with Crippen molar-refractivity contribution >= 4 is 27.5 Å². The first-order valence-corrected chi connectivity index (χ1v) is 6.80. The van der Waals surface area contributed by atoms with Gasteiger partial charge in [0.05, 0.1) is 0 Å². The highest BCUT2D eigenvalue weighted by Crippen LogP contribution is 2.29. The largest absolute Gasteiger partial charge is 0.324 e. The van der Waals surface area contributed by atoms with Crippen molar-refractivity contribution in [2.45, 2.75) is 12.5 Å². The number of hydrogen-bond acceptors (Lipinski definition) is 1. The molecule has 0 saturated carbocycles. The van der Waals surface area contributed by atoms with Crippen LogP contribution in [-0.2, 0) is 6.42 Å². The Bertz CT molecular complexity index is 563. The van der Waals surface area contributed by atoms with Crippen LogP contribution in [0.3, 0.4) is 0 Å².